The molecule has 0 radical (unpaired) electrons. The molecule has 0 saturated heterocycles. The predicted molar refractivity (Wildman–Crippen MR) is 28.5 cm³/mol. The van der Waals surface area contributed by atoms with Gasteiger partial charge < -0.3 is 5.73 Å². The number of nitrogen functional groups attached to an aromatic ring is 1. The van der Waals surface area contributed by atoms with Crippen molar-refractivity contribution in [3.05, 3.63) is 6.20 Å². The number of anilines is 1. The molecular formula is C2H3FN4S. The van der Waals surface area contributed by atoms with Crippen LogP contribution in [0, 0.1) is 0 Å². The van der Waals surface area contributed by atoms with Crippen LogP contribution in [0.4, 0.5) is 9.70 Å². The molecule has 0 amide bonds. The number of rotatable bonds is 1. The van der Waals surface area contributed by atoms with E-state index in [1.165, 1.54) is 6.20 Å². The molecule has 0 spiro atoms. The number of aromatic nitrogens is 3. The van der Waals surface area contributed by atoms with Crippen LogP contribution in [0.2, 0.25) is 0 Å². The molecule has 6 heteroatoms. The van der Waals surface area contributed by atoms with Gasteiger partial charge in [-0.1, -0.05) is 4.20 Å². The molecule has 0 bridgehead atoms. The minimum Gasteiger partial charge on any atom is -0.381 e. The average molecular weight is 134 g/mol. The van der Waals surface area contributed by atoms with Crippen molar-refractivity contribution in [3.63, 3.8) is 0 Å². The first-order valence-electron chi connectivity index (χ1n) is 1.80. The number of hydrogen-bond donors (Lipinski definition) is 1. The standard InChI is InChI=1S/C2H3FN4S/c3-8-7-5-1-2(4)6-7/h1H,(H2,4,6). The van der Waals surface area contributed by atoms with Crippen LogP contribution in [-0.4, -0.2) is 14.4 Å². The minimum atomic E-state index is -0.0959. The van der Waals surface area contributed by atoms with Crippen molar-refractivity contribution < 1.29 is 3.89 Å². The Balaban J connectivity index is 2.84. The van der Waals surface area contributed by atoms with Gasteiger partial charge in [0.25, 0.3) is 0 Å². The molecular weight excluding hydrogens is 131 g/mol. The third-order valence-corrected chi connectivity index (χ3v) is 0.851. The molecule has 0 aliphatic carbocycles. The summed E-state index contributed by atoms with van der Waals surface area (Å²) in [6.45, 7) is 0. The van der Waals surface area contributed by atoms with Crippen LogP contribution in [0.3, 0.4) is 0 Å². The molecule has 0 aliphatic heterocycles. The lowest BCUT2D eigenvalue weighted by molar-refractivity contribution is 0.807. The Kier molecular flexibility index (Phi) is 1.34. The first-order valence-corrected chi connectivity index (χ1v) is 2.47. The van der Waals surface area contributed by atoms with Gasteiger partial charge in [-0.2, -0.15) is 0 Å². The van der Waals surface area contributed by atoms with E-state index in [0.29, 0.717) is 0 Å². The largest absolute Gasteiger partial charge is 0.381 e. The van der Waals surface area contributed by atoms with Crippen molar-refractivity contribution >= 4 is 18.2 Å². The molecule has 0 atom stereocenters. The Labute approximate surface area is 49.3 Å². The molecule has 0 saturated carbocycles. The fraction of sp³-hybridized carbons (Fsp3) is 0. The van der Waals surface area contributed by atoms with Crippen LogP contribution in [0.25, 0.3) is 0 Å². The van der Waals surface area contributed by atoms with Crippen LogP contribution in [0.5, 0.6) is 0 Å². The summed E-state index contributed by atoms with van der Waals surface area (Å²) in [5.74, 6) is 0.218. The van der Waals surface area contributed by atoms with Crippen LogP contribution in [-0.2, 0) is 0 Å². The van der Waals surface area contributed by atoms with E-state index in [0.717, 1.165) is 4.20 Å². The summed E-state index contributed by atoms with van der Waals surface area (Å²) in [6.07, 6.45) is 1.27. The van der Waals surface area contributed by atoms with Crippen molar-refractivity contribution in [2.24, 2.45) is 0 Å². The minimum absolute atomic E-state index is 0.0959. The Bertz CT molecular complexity index is 174. The first-order chi connectivity index (χ1) is 3.83. The second-order valence-corrected chi connectivity index (χ2v) is 1.56. The van der Waals surface area contributed by atoms with Gasteiger partial charge in [0, 0.05) is 0 Å². The molecule has 1 aromatic rings. The van der Waals surface area contributed by atoms with Gasteiger partial charge in [-0.25, -0.2) is 0 Å². The van der Waals surface area contributed by atoms with E-state index >= 15 is 0 Å². The smallest absolute Gasteiger partial charge is 0.207 e. The van der Waals surface area contributed by atoms with Crippen LogP contribution >= 0.6 is 12.3 Å². The average Bonchev–Trinajstić information content (AvgIpc) is 2.14. The molecule has 8 heavy (non-hydrogen) atoms. The summed E-state index contributed by atoms with van der Waals surface area (Å²) in [7, 11) is 0. The van der Waals surface area contributed by atoms with Gasteiger partial charge in [-0.3, -0.25) is 0 Å². The van der Waals surface area contributed by atoms with E-state index in [1.54, 1.807) is 0 Å². The number of nitrogens with two attached hydrogens (primary N) is 1. The maximum atomic E-state index is 11.4. The molecule has 0 aromatic carbocycles. The maximum absolute atomic E-state index is 11.4. The normalized spacial score (nSPS) is 9.62. The molecule has 0 fully saturated rings. The zero-order chi connectivity index (χ0) is 5.98. The topological polar surface area (TPSA) is 56.7 Å². The highest BCUT2D eigenvalue weighted by Gasteiger charge is 1.92. The maximum Gasteiger partial charge on any atom is 0.207 e. The van der Waals surface area contributed by atoms with E-state index in [-0.39, 0.29) is 18.2 Å². The number of halogens is 1. The SMILES string of the molecule is Nc1cnn(SF)n1. The third kappa shape index (κ3) is 0.890. The highest BCUT2D eigenvalue weighted by atomic mass is 32.2. The lowest BCUT2D eigenvalue weighted by Crippen LogP contribution is -1.89. The second-order valence-electron chi connectivity index (χ2n) is 1.09. The van der Waals surface area contributed by atoms with Crippen molar-refractivity contribution in [2.45, 2.75) is 0 Å². The summed E-state index contributed by atoms with van der Waals surface area (Å²) in [5, 5.41) is 6.80. The van der Waals surface area contributed by atoms with E-state index < -0.39 is 0 Å². The van der Waals surface area contributed by atoms with Crippen molar-refractivity contribution in [1.29, 1.82) is 0 Å². The fourth-order valence-corrected chi connectivity index (χ4v) is 0.500. The Morgan fingerprint density at radius 3 is 2.88 bits per heavy atom. The Morgan fingerprint density at radius 1 is 1.88 bits per heavy atom. The van der Waals surface area contributed by atoms with Crippen LogP contribution < -0.4 is 5.73 Å². The number of nitrogens with zero attached hydrogens (tertiary/aromatic N) is 3. The summed E-state index contributed by atoms with van der Waals surface area (Å²) in [4.78, 5) is 0. The summed E-state index contributed by atoms with van der Waals surface area (Å²) in [5.41, 5.74) is 5.08. The van der Waals surface area contributed by atoms with E-state index in [2.05, 4.69) is 10.2 Å². The Morgan fingerprint density at radius 2 is 2.62 bits per heavy atom. The summed E-state index contributed by atoms with van der Waals surface area (Å²) < 4.78 is 12.2. The van der Waals surface area contributed by atoms with Gasteiger partial charge in [0.2, 0.25) is 12.3 Å². The van der Waals surface area contributed by atoms with E-state index in [9.17, 15) is 3.89 Å². The molecule has 0 unspecified atom stereocenters. The zero-order valence-electron chi connectivity index (χ0n) is 3.78. The lowest BCUT2D eigenvalue weighted by Gasteiger charge is -1.79. The van der Waals surface area contributed by atoms with Gasteiger partial charge in [0.1, 0.15) is 0 Å². The van der Waals surface area contributed by atoms with E-state index in [1.807, 2.05) is 0 Å². The summed E-state index contributed by atoms with van der Waals surface area (Å²) in [6, 6.07) is 0. The van der Waals surface area contributed by atoms with Crippen LogP contribution in [0.15, 0.2) is 6.20 Å². The van der Waals surface area contributed by atoms with Crippen molar-refractivity contribution in [2.75, 3.05) is 5.73 Å². The van der Waals surface area contributed by atoms with Gasteiger partial charge in [0.15, 0.2) is 5.82 Å². The monoisotopic (exact) mass is 134 g/mol. The fourth-order valence-electron chi connectivity index (χ4n) is 0.292. The zero-order valence-corrected chi connectivity index (χ0v) is 4.60. The number of hydrogen-bond acceptors (Lipinski definition) is 4. The van der Waals surface area contributed by atoms with Gasteiger partial charge in [0.05, 0.1) is 6.20 Å². The predicted octanol–water partition coefficient (Wildman–Crippen LogP) is 0.241. The molecule has 0 aliphatic rings. The highest BCUT2D eigenvalue weighted by molar-refractivity contribution is 7.92. The second kappa shape index (κ2) is 1.99. The molecule has 1 aromatic heterocycles. The van der Waals surface area contributed by atoms with Crippen molar-refractivity contribution in [1.82, 2.24) is 14.4 Å². The van der Waals surface area contributed by atoms with Gasteiger partial charge in [-0.05, 0) is 0 Å². The lowest BCUT2D eigenvalue weighted by atomic mass is 10.8. The van der Waals surface area contributed by atoms with Gasteiger partial charge in [-0.15, -0.1) is 14.1 Å². The Hall–Kier alpha value is -0.780. The quantitative estimate of drug-likeness (QED) is 0.597. The van der Waals surface area contributed by atoms with Gasteiger partial charge >= 0.3 is 0 Å². The molecule has 2 N–H and O–H groups in total. The van der Waals surface area contributed by atoms with E-state index in [4.69, 9.17) is 5.73 Å². The molecule has 44 valence electrons. The molecule has 1 rings (SSSR count). The first kappa shape index (κ1) is 5.36. The molecule has 4 nitrogen and oxygen atoms in total. The van der Waals surface area contributed by atoms with Crippen LogP contribution in [0.1, 0.15) is 0 Å². The van der Waals surface area contributed by atoms with Crippen molar-refractivity contribution in [3.8, 4) is 0 Å². The highest BCUT2D eigenvalue weighted by Crippen LogP contribution is 2.02. The third-order valence-electron chi connectivity index (χ3n) is 0.552. The molecule has 1 heterocycles. The summed E-state index contributed by atoms with van der Waals surface area (Å²) >= 11 is -0.0959.